The molecule has 0 aliphatic rings. The Balaban J connectivity index is 1.67. The maximum atomic E-state index is 12.8. The van der Waals surface area contributed by atoms with E-state index in [1.165, 1.54) is 12.1 Å². The summed E-state index contributed by atoms with van der Waals surface area (Å²) in [5, 5.41) is 3.77. The molecule has 4 aromatic rings. The largest absolute Gasteiger partial charge is 0.416 e. The summed E-state index contributed by atoms with van der Waals surface area (Å²) < 4.78 is 38.5. The molecule has 0 fully saturated rings. The van der Waals surface area contributed by atoms with E-state index in [9.17, 15) is 13.2 Å². The number of rotatable bonds is 3. The first-order valence-corrected chi connectivity index (χ1v) is 7.69. The van der Waals surface area contributed by atoms with Crippen LogP contribution < -0.4 is 5.32 Å². The van der Waals surface area contributed by atoms with Crippen LogP contribution in [0.2, 0.25) is 0 Å². The van der Waals surface area contributed by atoms with E-state index in [1.807, 2.05) is 12.3 Å². The first-order valence-electron chi connectivity index (χ1n) is 7.69. The van der Waals surface area contributed by atoms with E-state index in [0.717, 1.165) is 28.6 Å². The lowest BCUT2D eigenvalue weighted by Gasteiger charge is -2.10. The Kier molecular flexibility index (Phi) is 3.80. The highest BCUT2D eigenvalue weighted by molar-refractivity contribution is 5.94. The summed E-state index contributed by atoms with van der Waals surface area (Å²) in [7, 11) is 0. The van der Waals surface area contributed by atoms with E-state index in [4.69, 9.17) is 0 Å². The second kappa shape index (κ2) is 6.14. The molecule has 0 aliphatic heterocycles. The average molecular weight is 355 g/mol. The average Bonchev–Trinajstić information content (AvgIpc) is 3.06. The molecule has 0 amide bonds. The van der Waals surface area contributed by atoms with Gasteiger partial charge in [-0.3, -0.25) is 4.98 Å². The van der Waals surface area contributed by atoms with E-state index in [2.05, 4.69) is 25.3 Å². The lowest BCUT2D eigenvalue weighted by molar-refractivity contribution is -0.137. The molecule has 0 radical (unpaired) electrons. The van der Waals surface area contributed by atoms with Crippen LogP contribution >= 0.6 is 0 Å². The minimum atomic E-state index is -4.40. The molecule has 130 valence electrons. The van der Waals surface area contributed by atoms with Crippen LogP contribution in [0.5, 0.6) is 0 Å². The topological polar surface area (TPSA) is 66.5 Å². The van der Waals surface area contributed by atoms with Gasteiger partial charge in [0.05, 0.1) is 23.0 Å². The molecule has 5 nitrogen and oxygen atoms in total. The summed E-state index contributed by atoms with van der Waals surface area (Å²) in [6, 6.07) is 8.50. The number of fused-ring (bicyclic) bond motifs is 1. The van der Waals surface area contributed by atoms with Gasteiger partial charge in [-0.2, -0.15) is 13.2 Å². The van der Waals surface area contributed by atoms with Gasteiger partial charge in [0.1, 0.15) is 0 Å². The molecule has 0 saturated heterocycles. The zero-order valence-electron chi connectivity index (χ0n) is 13.2. The smallest absolute Gasteiger partial charge is 0.359 e. The Labute approximate surface area is 146 Å². The van der Waals surface area contributed by atoms with E-state index >= 15 is 0 Å². The van der Waals surface area contributed by atoms with E-state index in [-0.39, 0.29) is 11.6 Å². The zero-order valence-corrected chi connectivity index (χ0v) is 13.2. The number of anilines is 2. The molecule has 0 bridgehead atoms. The molecule has 0 atom stereocenters. The Morgan fingerprint density at radius 3 is 2.77 bits per heavy atom. The SMILES string of the molecule is FC(F)(F)c1cccc(Nc2nccc(-c3c[nH]c4cnccc34)n2)c1. The number of pyridine rings is 1. The van der Waals surface area contributed by atoms with Crippen molar-refractivity contribution >= 4 is 22.5 Å². The third-order valence-electron chi connectivity index (χ3n) is 3.86. The third kappa shape index (κ3) is 3.08. The Morgan fingerprint density at radius 1 is 1.04 bits per heavy atom. The zero-order chi connectivity index (χ0) is 18.1. The van der Waals surface area contributed by atoms with E-state index in [0.29, 0.717) is 5.69 Å². The van der Waals surface area contributed by atoms with Crippen molar-refractivity contribution in [2.75, 3.05) is 5.32 Å². The quantitative estimate of drug-likeness (QED) is 0.555. The lowest BCUT2D eigenvalue weighted by Crippen LogP contribution is -2.05. The molecule has 0 unspecified atom stereocenters. The number of halogens is 3. The molecule has 26 heavy (non-hydrogen) atoms. The van der Waals surface area contributed by atoms with Crippen LogP contribution in [0.4, 0.5) is 24.8 Å². The standard InChI is InChI=1S/C18H12F3N5/c19-18(20,21)11-2-1-3-12(8-11)25-17-23-7-5-15(26-17)14-9-24-16-10-22-6-4-13(14)16/h1-10,24H,(H,23,25,26). The fraction of sp³-hybridized carbons (Fsp3) is 0.0556. The van der Waals surface area contributed by atoms with Crippen LogP contribution in [0.25, 0.3) is 22.2 Å². The highest BCUT2D eigenvalue weighted by atomic mass is 19.4. The van der Waals surface area contributed by atoms with Gasteiger partial charge in [0.25, 0.3) is 0 Å². The van der Waals surface area contributed by atoms with Crippen LogP contribution in [0.1, 0.15) is 5.56 Å². The number of aromatic amines is 1. The summed E-state index contributed by atoms with van der Waals surface area (Å²) in [4.78, 5) is 15.7. The number of aromatic nitrogens is 4. The highest BCUT2D eigenvalue weighted by Gasteiger charge is 2.30. The predicted octanol–water partition coefficient (Wildman–Crippen LogP) is 4.78. The molecular formula is C18H12F3N5. The van der Waals surface area contributed by atoms with Crippen LogP contribution in [0.3, 0.4) is 0 Å². The van der Waals surface area contributed by atoms with Crippen LogP contribution in [-0.2, 0) is 6.18 Å². The molecule has 0 saturated carbocycles. The molecule has 1 aromatic carbocycles. The van der Waals surface area contributed by atoms with Gasteiger partial charge < -0.3 is 10.3 Å². The predicted molar refractivity (Wildman–Crippen MR) is 91.8 cm³/mol. The van der Waals surface area contributed by atoms with Gasteiger partial charge in [-0.05, 0) is 30.3 Å². The fourth-order valence-electron chi connectivity index (χ4n) is 2.66. The van der Waals surface area contributed by atoms with Crippen molar-refractivity contribution in [1.82, 2.24) is 19.9 Å². The monoisotopic (exact) mass is 355 g/mol. The normalized spacial score (nSPS) is 11.7. The van der Waals surface area contributed by atoms with Crippen molar-refractivity contribution < 1.29 is 13.2 Å². The summed E-state index contributed by atoms with van der Waals surface area (Å²) >= 11 is 0. The van der Waals surface area contributed by atoms with Crippen molar-refractivity contribution in [3.05, 3.63) is 66.7 Å². The molecule has 0 aliphatic carbocycles. The Hall–Kier alpha value is -3.42. The first kappa shape index (κ1) is 16.1. The highest BCUT2D eigenvalue weighted by Crippen LogP contribution is 2.31. The van der Waals surface area contributed by atoms with E-state index < -0.39 is 11.7 Å². The van der Waals surface area contributed by atoms with Gasteiger partial charge in [-0.15, -0.1) is 0 Å². The maximum absolute atomic E-state index is 12.8. The summed E-state index contributed by atoms with van der Waals surface area (Å²) in [6.45, 7) is 0. The molecule has 8 heteroatoms. The molecular weight excluding hydrogens is 343 g/mol. The number of alkyl halides is 3. The first-order chi connectivity index (χ1) is 12.5. The van der Waals surface area contributed by atoms with Crippen LogP contribution in [0.15, 0.2) is 61.2 Å². The minimum absolute atomic E-state index is 0.213. The second-order valence-corrected chi connectivity index (χ2v) is 5.59. The van der Waals surface area contributed by atoms with Gasteiger partial charge in [0.15, 0.2) is 0 Å². The van der Waals surface area contributed by atoms with Crippen molar-refractivity contribution in [3.8, 4) is 11.3 Å². The second-order valence-electron chi connectivity index (χ2n) is 5.59. The van der Waals surface area contributed by atoms with Gasteiger partial charge in [-0.1, -0.05) is 6.07 Å². The number of hydrogen-bond acceptors (Lipinski definition) is 4. The van der Waals surface area contributed by atoms with Gasteiger partial charge >= 0.3 is 6.18 Å². The molecule has 3 aromatic heterocycles. The van der Waals surface area contributed by atoms with Gasteiger partial charge in [0.2, 0.25) is 5.95 Å². The third-order valence-corrected chi connectivity index (χ3v) is 3.86. The Bertz CT molecular complexity index is 1070. The summed E-state index contributed by atoms with van der Waals surface area (Å²) in [5.74, 6) is 0.213. The molecule has 4 rings (SSSR count). The van der Waals surface area contributed by atoms with E-state index in [1.54, 1.807) is 24.7 Å². The van der Waals surface area contributed by atoms with Crippen molar-refractivity contribution in [1.29, 1.82) is 0 Å². The number of benzene rings is 1. The summed E-state index contributed by atoms with van der Waals surface area (Å²) in [5.41, 5.74) is 1.90. The van der Waals surface area contributed by atoms with Gasteiger partial charge in [-0.25, -0.2) is 9.97 Å². The minimum Gasteiger partial charge on any atom is -0.359 e. The number of H-pyrrole nitrogens is 1. The number of hydrogen-bond donors (Lipinski definition) is 2. The fourth-order valence-corrected chi connectivity index (χ4v) is 2.66. The lowest BCUT2D eigenvalue weighted by atomic mass is 10.1. The van der Waals surface area contributed by atoms with Crippen LogP contribution in [0, 0.1) is 0 Å². The molecule has 2 N–H and O–H groups in total. The van der Waals surface area contributed by atoms with Crippen molar-refractivity contribution in [2.24, 2.45) is 0 Å². The number of nitrogens with zero attached hydrogens (tertiary/aromatic N) is 3. The maximum Gasteiger partial charge on any atom is 0.416 e. The van der Waals surface area contributed by atoms with Crippen molar-refractivity contribution in [2.45, 2.75) is 6.18 Å². The molecule has 3 heterocycles. The van der Waals surface area contributed by atoms with Crippen LogP contribution in [-0.4, -0.2) is 19.9 Å². The van der Waals surface area contributed by atoms with Gasteiger partial charge in [0, 0.05) is 35.2 Å². The number of nitrogens with one attached hydrogen (secondary N) is 2. The van der Waals surface area contributed by atoms with Crippen molar-refractivity contribution in [3.63, 3.8) is 0 Å². The summed E-state index contributed by atoms with van der Waals surface area (Å²) in [6.07, 6.45) is 2.35. The Morgan fingerprint density at radius 2 is 1.92 bits per heavy atom. The molecule has 0 spiro atoms.